The number of unbranched alkanes of at least 4 members (excludes halogenated alkanes) is 2. The van der Waals surface area contributed by atoms with Crippen molar-refractivity contribution in [3.63, 3.8) is 0 Å². The number of hydrogen-bond donors (Lipinski definition) is 8. The van der Waals surface area contributed by atoms with Crippen molar-refractivity contribution in [1.82, 2.24) is 30.8 Å². The van der Waals surface area contributed by atoms with E-state index in [4.69, 9.17) is 31.9 Å². The third kappa shape index (κ3) is 15.4. The number of aliphatic hydroxyl groups is 2. The van der Waals surface area contributed by atoms with Crippen LogP contribution in [0.15, 0.2) is 54.7 Å². The molecule has 10 N–H and O–H groups in total. The molecule has 0 radical (unpaired) electrons. The van der Waals surface area contributed by atoms with E-state index in [0.29, 0.717) is 37.9 Å². The number of nitrogens with zero attached hydrogens (tertiary/aromatic N) is 3. The molecule has 1 fully saturated rings. The van der Waals surface area contributed by atoms with Gasteiger partial charge < -0.3 is 32.1 Å². The molecule has 2 heterocycles. The number of likely N-dealkylation sites (tertiary alicyclic amines) is 1. The lowest BCUT2D eigenvalue weighted by molar-refractivity contribution is -0.139. The number of carboxylic acids is 1. The number of nitrogens with one attached hydrogen (secondary N) is 3. The van der Waals surface area contributed by atoms with Crippen LogP contribution in [-0.4, -0.2) is 109 Å². The molecule has 1 unspecified atom stereocenters. The maximum Gasteiger partial charge on any atom is 0.321 e. The molecule has 1 aromatic heterocycles. The van der Waals surface area contributed by atoms with Crippen LogP contribution >= 0.6 is 11.8 Å². The Kier molecular flexibility index (Phi) is 19.5. The fourth-order valence-corrected chi connectivity index (χ4v) is 7.17. The number of amides is 4. The molecular formula is C40H56F2N8O8S. The minimum absolute atomic E-state index is 0.00526. The molecular weight excluding hydrogens is 791 g/mol. The topological polar surface area (TPSA) is 255 Å². The van der Waals surface area contributed by atoms with Crippen molar-refractivity contribution in [2.45, 2.75) is 89.1 Å². The fourth-order valence-electron chi connectivity index (χ4n) is 6.06. The number of halogens is 2. The summed E-state index contributed by atoms with van der Waals surface area (Å²) < 4.78 is 30.3. The van der Waals surface area contributed by atoms with Crippen molar-refractivity contribution in [3.05, 3.63) is 83.2 Å². The lowest BCUT2D eigenvalue weighted by Crippen LogP contribution is -2.50. The molecule has 59 heavy (non-hydrogen) atoms. The number of thioether (sulfide) groups is 1. The highest BCUT2D eigenvalue weighted by Gasteiger charge is 2.39. The summed E-state index contributed by atoms with van der Waals surface area (Å²) in [5.41, 5.74) is 18.4. The maximum absolute atomic E-state index is 14.8. The van der Waals surface area contributed by atoms with E-state index < -0.39 is 52.2 Å². The molecule has 0 aliphatic carbocycles. The second-order valence-electron chi connectivity index (χ2n) is 15.0. The summed E-state index contributed by atoms with van der Waals surface area (Å²) in [5.74, 6) is -4.07. The number of carboxylic acid groups (broad SMARTS) is 1. The second kappa shape index (κ2) is 23.7. The Balaban J connectivity index is 0.00000222. The first kappa shape index (κ1) is 48.6. The molecule has 0 bridgehead atoms. The third-order valence-corrected chi connectivity index (χ3v) is 10.5. The Morgan fingerprint density at radius 2 is 1.68 bits per heavy atom. The number of imide groups is 1. The Bertz CT molecular complexity index is 1860. The Morgan fingerprint density at radius 3 is 2.32 bits per heavy atom. The highest BCUT2D eigenvalue weighted by molar-refractivity contribution is 8.00. The molecule has 4 rings (SSSR count). The summed E-state index contributed by atoms with van der Waals surface area (Å²) in [6, 6.07) is 10.5. The van der Waals surface area contributed by atoms with Crippen molar-refractivity contribution >= 4 is 41.4 Å². The molecule has 1 saturated heterocycles. The molecule has 1 aliphatic heterocycles. The van der Waals surface area contributed by atoms with E-state index in [9.17, 15) is 32.8 Å². The first-order valence-corrected chi connectivity index (χ1v) is 20.3. The summed E-state index contributed by atoms with van der Waals surface area (Å²) in [5, 5.41) is 31.7. The average molecular weight is 847 g/mol. The zero-order chi connectivity index (χ0) is 43.7. The van der Waals surface area contributed by atoms with Gasteiger partial charge in [0.25, 0.3) is 5.91 Å². The Morgan fingerprint density at radius 1 is 0.983 bits per heavy atom. The molecule has 4 atom stereocenters. The summed E-state index contributed by atoms with van der Waals surface area (Å²) in [6.45, 7) is 6.30. The number of benzene rings is 2. The van der Waals surface area contributed by atoms with Crippen LogP contribution in [0.3, 0.4) is 0 Å². The van der Waals surface area contributed by atoms with Gasteiger partial charge in [-0.25, -0.2) is 13.5 Å². The van der Waals surface area contributed by atoms with E-state index >= 15 is 0 Å². The van der Waals surface area contributed by atoms with E-state index in [-0.39, 0.29) is 68.3 Å². The van der Waals surface area contributed by atoms with Gasteiger partial charge in [0.15, 0.2) is 0 Å². The Labute approximate surface area is 346 Å². The summed E-state index contributed by atoms with van der Waals surface area (Å²) >= 11 is 1.06. The lowest BCUT2D eigenvalue weighted by Gasteiger charge is -2.31. The quantitative estimate of drug-likeness (QED) is 0.0461. The zero-order valence-electron chi connectivity index (χ0n) is 33.5. The number of aliphatic hydroxyl groups excluding tert-OH is 2. The monoisotopic (exact) mass is 846 g/mol. The summed E-state index contributed by atoms with van der Waals surface area (Å²) in [4.78, 5) is 62.1. The number of nitrogens with two attached hydrogens (primary N) is 2. The van der Waals surface area contributed by atoms with E-state index in [2.05, 4.69) is 16.2 Å². The van der Waals surface area contributed by atoms with Crippen molar-refractivity contribution in [2.75, 3.05) is 32.1 Å². The first-order chi connectivity index (χ1) is 28.0. The van der Waals surface area contributed by atoms with Crippen LogP contribution in [0.5, 0.6) is 0 Å². The predicted octanol–water partition coefficient (Wildman–Crippen LogP) is 2.09. The number of hydrogen-bond acceptors (Lipinski definition) is 12. The number of carbonyl (C=O) groups excluding carboxylic acids is 4. The van der Waals surface area contributed by atoms with Crippen molar-refractivity contribution in [2.24, 2.45) is 16.9 Å². The van der Waals surface area contributed by atoms with E-state index in [1.807, 2.05) is 51.1 Å². The van der Waals surface area contributed by atoms with E-state index in [0.717, 1.165) is 46.0 Å². The van der Waals surface area contributed by atoms with Gasteiger partial charge in [-0.05, 0) is 54.5 Å². The number of aliphatic carboxylic acids is 1. The van der Waals surface area contributed by atoms with Gasteiger partial charge in [-0.2, -0.15) is 5.10 Å². The molecule has 16 nitrogen and oxygen atoms in total. The smallest absolute Gasteiger partial charge is 0.321 e. The lowest BCUT2D eigenvalue weighted by atomic mass is 9.83. The third-order valence-electron chi connectivity index (χ3n) is 9.20. The van der Waals surface area contributed by atoms with Crippen LogP contribution in [0.4, 0.5) is 8.78 Å². The molecule has 3 aromatic rings. The molecule has 19 heteroatoms. The van der Waals surface area contributed by atoms with Crippen molar-refractivity contribution < 1.29 is 48.1 Å². The standard InChI is InChI=1S/C38H50F2N8O6S.C2H6O2/c1-38(2,3)34(33-24(18-23-10-6-4-7-11-23)21-48(46-33)29-19-25(39)13-14-26(29)40)43-16-15-27(41)35(51)45-44-31(49)12-8-5-9-17-47-32(50)20-30(36(47)52)55-22-28(42)37(53)54;3-1-2-4/h4,6-7,10-11,13-14,19,21,27-28,30,34,43H,5,8-9,12,15-18,20,22,41-42H2,1-3H3,(H,44,49)(H,45,51)(H,53,54);3-4H,1-2H2/t27-,28-,30?,34-;/m0./s1. The average Bonchev–Trinajstić information content (AvgIpc) is 3.72. The first-order valence-electron chi connectivity index (χ1n) is 19.3. The minimum Gasteiger partial charge on any atom is -0.480 e. The van der Waals surface area contributed by atoms with Crippen LogP contribution in [0.1, 0.15) is 82.2 Å². The molecule has 0 saturated carbocycles. The van der Waals surface area contributed by atoms with Gasteiger partial charge in [0.05, 0.1) is 36.2 Å². The summed E-state index contributed by atoms with van der Waals surface area (Å²) in [7, 11) is 0. The van der Waals surface area contributed by atoms with Gasteiger partial charge in [0.1, 0.15) is 23.4 Å². The number of hydrazine groups is 1. The SMILES string of the molecule is CC(C)(C)[C@@H](NCC[C@H](N)C(=O)NNC(=O)CCCCCN1C(=O)CC(SC[C@H](N)C(=O)O)C1=O)c1nn(-c2cc(F)ccc2F)cc1Cc1ccccc1.OCCO. The maximum atomic E-state index is 14.8. The fraction of sp³-hybridized carbons (Fsp3) is 0.500. The highest BCUT2D eigenvalue weighted by Crippen LogP contribution is 2.35. The second-order valence-corrected chi connectivity index (χ2v) is 16.3. The number of carbonyl (C=O) groups is 5. The van der Waals surface area contributed by atoms with Crippen LogP contribution in [-0.2, 0) is 30.4 Å². The van der Waals surface area contributed by atoms with Gasteiger partial charge in [0, 0.05) is 43.8 Å². The van der Waals surface area contributed by atoms with Crippen LogP contribution in [0.2, 0.25) is 0 Å². The van der Waals surface area contributed by atoms with Gasteiger partial charge in [-0.3, -0.25) is 39.7 Å². The predicted molar refractivity (Wildman–Crippen MR) is 218 cm³/mol. The molecule has 2 aromatic carbocycles. The van der Waals surface area contributed by atoms with E-state index in [1.165, 1.54) is 4.68 Å². The van der Waals surface area contributed by atoms with Crippen LogP contribution in [0.25, 0.3) is 5.69 Å². The summed E-state index contributed by atoms with van der Waals surface area (Å²) in [6.07, 6.45) is 3.97. The van der Waals surface area contributed by atoms with Crippen molar-refractivity contribution in [3.8, 4) is 5.69 Å². The Hall–Kier alpha value is -4.79. The highest BCUT2D eigenvalue weighted by atomic mass is 32.2. The number of aromatic nitrogens is 2. The number of rotatable bonds is 20. The molecule has 1 aliphatic rings. The van der Waals surface area contributed by atoms with Crippen LogP contribution in [0, 0.1) is 17.0 Å². The van der Waals surface area contributed by atoms with Gasteiger partial charge in [-0.15, -0.1) is 11.8 Å². The minimum atomic E-state index is -1.17. The molecule has 324 valence electrons. The zero-order valence-corrected chi connectivity index (χ0v) is 34.4. The molecule has 4 amide bonds. The van der Waals surface area contributed by atoms with Gasteiger partial charge in [0.2, 0.25) is 17.7 Å². The van der Waals surface area contributed by atoms with Crippen molar-refractivity contribution in [1.29, 1.82) is 0 Å². The van der Waals surface area contributed by atoms with E-state index in [1.54, 1.807) is 6.20 Å². The largest absolute Gasteiger partial charge is 0.480 e. The molecule has 0 spiro atoms. The van der Waals surface area contributed by atoms with Gasteiger partial charge in [-0.1, -0.05) is 57.5 Å². The van der Waals surface area contributed by atoms with Gasteiger partial charge >= 0.3 is 5.97 Å². The van der Waals surface area contributed by atoms with Crippen LogP contribution < -0.4 is 27.6 Å². The normalized spacial score (nSPS) is 15.6.